The first-order valence-corrected chi connectivity index (χ1v) is 8.02. The Balaban J connectivity index is 2.15. The lowest BCUT2D eigenvalue weighted by molar-refractivity contribution is 0.394. The molecule has 1 N–H and O–H groups in total. The number of benzene rings is 2. The van der Waals surface area contributed by atoms with E-state index in [4.69, 9.17) is 9.47 Å². The van der Waals surface area contributed by atoms with Crippen LogP contribution in [0.2, 0.25) is 0 Å². The Bertz CT molecular complexity index is 562. The minimum Gasteiger partial charge on any atom is -0.497 e. The van der Waals surface area contributed by atoms with Crippen LogP contribution in [-0.2, 0) is 0 Å². The van der Waals surface area contributed by atoms with Gasteiger partial charge in [0.25, 0.3) is 0 Å². The number of nitrogens with one attached hydrogen (secondary N) is 1. The summed E-state index contributed by atoms with van der Waals surface area (Å²) in [5, 5.41) is 3.48. The van der Waals surface area contributed by atoms with Gasteiger partial charge in [-0.25, -0.2) is 0 Å². The van der Waals surface area contributed by atoms with Crippen LogP contribution in [0.5, 0.6) is 11.5 Å². The van der Waals surface area contributed by atoms with Crippen molar-refractivity contribution in [3.63, 3.8) is 0 Å². The summed E-state index contributed by atoms with van der Waals surface area (Å²) in [5.41, 5.74) is 2.22. The number of anilines is 1. The molecule has 21 heavy (non-hydrogen) atoms. The van der Waals surface area contributed by atoms with Crippen LogP contribution in [0.25, 0.3) is 0 Å². The third-order valence-electron chi connectivity index (χ3n) is 3.35. The van der Waals surface area contributed by atoms with Gasteiger partial charge in [-0.2, -0.15) is 0 Å². The van der Waals surface area contributed by atoms with E-state index >= 15 is 0 Å². The molecular formula is C17H21NO2S. The minimum absolute atomic E-state index is 0.206. The second kappa shape index (κ2) is 7.27. The van der Waals surface area contributed by atoms with Gasteiger partial charge in [0.15, 0.2) is 0 Å². The predicted octanol–water partition coefficient (Wildman–Crippen LogP) is 4.60. The van der Waals surface area contributed by atoms with E-state index < -0.39 is 0 Å². The molecule has 0 heterocycles. The molecule has 0 spiro atoms. The van der Waals surface area contributed by atoms with E-state index in [1.54, 1.807) is 26.0 Å². The molecule has 3 nitrogen and oxygen atoms in total. The molecule has 2 aromatic carbocycles. The lowest BCUT2D eigenvalue weighted by Gasteiger charge is -2.17. The van der Waals surface area contributed by atoms with Crippen molar-refractivity contribution < 1.29 is 9.47 Å². The zero-order chi connectivity index (χ0) is 15.2. The molecule has 0 aliphatic heterocycles. The number of ether oxygens (including phenoxy) is 2. The largest absolute Gasteiger partial charge is 0.497 e. The molecule has 4 heteroatoms. The van der Waals surface area contributed by atoms with Crippen molar-refractivity contribution in [2.75, 3.05) is 25.8 Å². The molecule has 0 fully saturated rings. The Morgan fingerprint density at radius 3 is 2.00 bits per heavy atom. The highest BCUT2D eigenvalue weighted by Gasteiger charge is 2.08. The highest BCUT2D eigenvalue weighted by Crippen LogP contribution is 2.29. The molecule has 0 saturated carbocycles. The molecular weight excluding hydrogens is 282 g/mol. The van der Waals surface area contributed by atoms with Crippen molar-refractivity contribution in [2.24, 2.45) is 0 Å². The van der Waals surface area contributed by atoms with Gasteiger partial charge in [0.05, 0.1) is 14.2 Å². The van der Waals surface area contributed by atoms with Crippen molar-refractivity contribution in [1.82, 2.24) is 0 Å². The fraction of sp³-hybridized carbons (Fsp3) is 0.294. The number of rotatable bonds is 6. The van der Waals surface area contributed by atoms with Gasteiger partial charge < -0.3 is 14.8 Å². The summed E-state index contributed by atoms with van der Waals surface area (Å²) in [5.74, 6) is 1.56. The molecule has 0 saturated heterocycles. The first-order chi connectivity index (χ1) is 10.2. The summed E-state index contributed by atoms with van der Waals surface area (Å²) < 4.78 is 10.6. The van der Waals surface area contributed by atoms with Crippen LogP contribution in [0.15, 0.2) is 47.4 Å². The third-order valence-corrected chi connectivity index (χ3v) is 4.09. The second-order valence-electron chi connectivity index (χ2n) is 4.74. The van der Waals surface area contributed by atoms with Gasteiger partial charge >= 0.3 is 0 Å². The molecule has 2 aromatic rings. The van der Waals surface area contributed by atoms with Crippen LogP contribution in [0.3, 0.4) is 0 Å². The molecule has 0 aliphatic carbocycles. The number of thioether (sulfide) groups is 1. The average Bonchev–Trinajstić information content (AvgIpc) is 2.54. The molecule has 0 aromatic heterocycles. The maximum Gasteiger partial charge on any atom is 0.124 e. The normalized spacial score (nSPS) is 11.8. The predicted molar refractivity (Wildman–Crippen MR) is 89.8 cm³/mol. The SMILES string of the molecule is COc1cc(NC(C)c2ccc(SC)cc2)cc(OC)c1. The van der Waals surface area contributed by atoms with E-state index in [9.17, 15) is 0 Å². The Kier molecular flexibility index (Phi) is 5.39. The van der Waals surface area contributed by atoms with Crippen LogP contribution in [0.4, 0.5) is 5.69 Å². The molecule has 112 valence electrons. The summed E-state index contributed by atoms with van der Waals surface area (Å²) in [6.45, 7) is 2.14. The summed E-state index contributed by atoms with van der Waals surface area (Å²) in [6, 6.07) is 14.6. The van der Waals surface area contributed by atoms with Gasteiger partial charge in [-0.15, -0.1) is 11.8 Å². The number of methoxy groups -OCH3 is 2. The summed E-state index contributed by atoms with van der Waals surface area (Å²) in [4.78, 5) is 1.27. The van der Waals surface area contributed by atoms with Crippen LogP contribution < -0.4 is 14.8 Å². The Labute approximate surface area is 130 Å². The third kappa shape index (κ3) is 4.08. The molecule has 0 radical (unpaired) electrons. The smallest absolute Gasteiger partial charge is 0.124 e. The van der Waals surface area contributed by atoms with E-state index in [0.717, 1.165) is 17.2 Å². The van der Waals surface area contributed by atoms with Gasteiger partial charge in [-0.05, 0) is 30.9 Å². The standard InChI is InChI=1S/C17H21NO2S/c1-12(13-5-7-17(21-4)8-6-13)18-14-9-15(19-2)11-16(10-14)20-3/h5-12,18H,1-4H3. The van der Waals surface area contributed by atoms with Gasteiger partial charge in [-0.1, -0.05) is 12.1 Å². The van der Waals surface area contributed by atoms with Crippen molar-refractivity contribution in [3.8, 4) is 11.5 Å². The Morgan fingerprint density at radius 2 is 1.52 bits per heavy atom. The zero-order valence-electron chi connectivity index (χ0n) is 12.8. The lowest BCUT2D eigenvalue weighted by Crippen LogP contribution is -2.06. The fourth-order valence-electron chi connectivity index (χ4n) is 2.12. The van der Waals surface area contributed by atoms with Gasteiger partial charge in [0.1, 0.15) is 11.5 Å². The number of hydrogen-bond acceptors (Lipinski definition) is 4. The minimum atomic E-state index is 0.206. The first kappa shape index (κ1) is 15.6. The maximum absolute atomic E-state index is 5.29. The maximum atomic E-state index is 5.29. The van der Waals surface area contributed by atoms with E-state index in [0.29, 0.717) is 0 Å². The Hall–Kier alpha value is -1.81. The molecule has 2 rings (SSSR count). The molecule has 0 bridgehead atoms. The van der Waals surface area contributed by atoms with Gasteiger partial charge in [0.2, 0.25) is 0 Å². The highest BCUT2D eigenvalue weighted by atomic mass is 32.2. The Morgan fingerprint density at radius 1 is 0.952 bits per heavy atom. The highest BCUT2D eigenvalue weighted by molar-refractivity contribution is 7.98. The molecule has 1 atom stereocenters. The summed E-state index contributed by atoms with van der Waals surface area (Å²) in [6.07, 6.45) is 2.08. The summed E-state index contributed by atoms with van der Waals surface area (Å²) in [7, 11) is 3.31. The van der Waals surface area contributed by atoms with Gasteiger partial charge in [0, 0.05) is 34.8 Å². The van der Waals surface area contributed by atoms with Crippen LogP contribution in [0.1, 0.15) is 18.5 Å². The van der Waals surface area contributed by atoms with Crippen molar-refractivity contribution in [2.45, 2.75) is 17.9 Å². The van der Waals surface area contributed by atoms with Crippen LogP contribution in [0, 0.1) is 0 Å². The zero-order valence-corrected chi connectivity index (χ0v) is 13.7. The van der Waals surface area contributed by atoms with E-state index in [1.165, 1.54) is 10.5 Å². The number of hydrogen-bond donors (Lipinski definition) is 1. The van der Waals surface area contributed by atoms with E-state index in [-0.39, 0.29) is 6.04 Å². The first-order valence-electron chi connectivity index (χ1n) is 6.80. The molecule has 0 aliphatic rings. The quantitative estimate of drug-likeness (QED) is 0.790. The van der Waals surface area contributed by atoms with Crippen molar-refractivity contribution >= 4 is 17.4 Å². The van der Waals surface area contributed by atoms with Gasteiger partial charge in [-0.3, -0.25) is 0 Å². The van der Waals surface area contributed by atoms with Crippen molar-refractivity contribution in [3.05, 3.63) is 48.0 Å². The monoisotopic (exact) mass is 303 g/mol. The second-order valence-corrected chi connectivity index (χ2v) is 5.62. The average molecular weight is 303 g/mol. The molecule has 1 unspecified atom stereocenters. The fourth-order valence-corrected chi connectivity index (χ4v) is 2.52. The topological polar surface area (TPSA) is 30.5 Å². The van der Waals surface area contributed by atoms with Crippen LogP contribution >= 0.6 is 11.8 Å². The van der Waals surface area contributed by atoms with Crippen molar-refractivity contribution in [1.29, 1.82) is 0 Å². The lowest BCUT2D eigenvalue weighted by atomic mass is 10.1. The molecule has 0 amide bonds. The summed E-state index contributed by atoms with van der Waals surface area (Å²) >= 11 is 1.75. The van der Waals surface area contributed by atoms with E-state index in [2.05, 4.69) is 42.8 Å². The van der Waals surface area contributed by atoms with E-state index in [1.807, 2.05) is 18.2 Å². The van der Waals surface area contributed by atoms with Crippen LogP contribution in [-0.4, -0.2) is 20.5 Å².